The Morgan fingerprint density at radius 3 is 2.67 bits per heavy atom. The summed E-state index contributed by atoms with van der Waals surface area (Å²) in [5, 5.41) is 0. The molecule has 0 aromatic carbocycles. The average molecular weight is 163 g/mol. The molecule has 0 bridgehead atoms. The monoisotopic (exact) mass is 163 g/mol. The van der Waals surface area contributed by atoms with E-state index in [1.54, 1.807) is 18.3 Å². The molecule has 0 aliphatic rings. The third-order valence-electron chi connectivity index (χ3n) is 1.33. The Hall–Kier alpha value is -1.64. The van der Waals surface area contributed by atoms with Crippen molar-refractivity contribution in [1.82, 2.24) is 4.98 Å². The van der Waals surface area contributed by atoms with Crippen LogP contribution in [0.1, 0.15) is 17.4 Å². The quantitative estimate of drug-likeness (QED) is 0.540. The first-order valence-corrected chi connectivity index (χ1v) is 3.56. The lowest BCUT2D eigenvalue weighted by atomic mass is 10.2. The number of aromatic amines is 1. The number of carbonyl (C=O) groups is 2. The second-order valence-electron chi connectivity index (χ2n) is 2.39. The van der Waals surface area contributed by atoms with E-state index < -0.39 is 0 Å². The lowest BCUT2D eigenvalue weighted by Gasteiger charge is -1.86. The fourth-order valence-electron chi connectivity index (χ4n) is 0.766. The first-order valence-electron chi connectivity index (χ1n) is 3.56. The zero-order valence-corrected chi connectivity index (χ0v) is 6.70. The molecule has 0 saturated heterocycles. The summed E-state index contributed by atoms with van der Waals surface area (Å²) in [5.41, 5.74) is 0.493. The Balaban J connectivity index is 2.68. The van der Waals surface area contributed by atoms with Crippen molar-refractivity contribution in [1.29, 1.82) is 0 Å². The van der Waals surface area contributed by atoms with Gasteiger partial charge in [-0.15, -0.1) is 0 Å². The van der Waals surface area contributed by atoms with Crippen molar-refractivity contribution >= 4 is 11.6 Å². The Kier molecular flexibility index (Phi) is 2.58. The average Bonchev–Trinajstić information content (AvgIpc) is 2.51. The van der Waals surface area contributed by atoms with Crippen LogP contribution in [0.2, 0.25) is 0 Å². The Morgan fingerprint density at radius 2 is 2.17 bits per heavy atom. The minimum atomic E-state index is -0.185. The van der Waals surface area contributed by atoms with Gasteiger partial charge in [-0.3, -0.25) is 9.59 Å². The van der Waals surface area contributed by atoms with Gasteiger partial charge in [0, 0.05) is 6.20 Å². The molecule has 0 aliphatic carbocycles. The summed E-state index contributed by atoms with van der Waals surface area (Å²) in [5.74, 6) is -0.315. The minimum absolute atomic E-state index is 0.130. The molecule has 12 heavy (non-hydrogen) atoms. The third-order valence-corrected chi connectivity index (χ3v) is 1.33. The molecule has 1 aromatic heterocycles. The molecule has 1 aromatic rings. The van der Waals surface area contributed by atoms with Gasteiger partial charge in [-0.05, 0) is 31.2 Å². The summed E-state index contributed by atoms with van der Waals surface area (Å²) in [6, 6.07) is 3.39. The SMILES string of the molecule is CC(=O)/C=C/C(=O)c1ccc[nH]1. The van der Waals surface area contributed by atoms with Crippen molar-refractivity contribution in [2.45, 2.75) is 6.92 Å². The molecule has 0 aliphatic heterocycles. The van der Waals surface area contributed by atoms with Gasteiger partial charge < -0.3 is 4.98 Å². The van der Waals surface area contributed by atoms with E-state index in [2.05, 4.69) is 4.98 Å². The highest BCUT2D eigenvalue weighted by Gasteiger charge is 2.00. The molecule has 0 radical (unpaired) electrons. The van der Waals surface area contributed by atoms with Crippen LogP contribution in [0.5, 0.6) is 0 Å². The van der Waals surface area contributed by atoms with Crippen LogP contribution >= 0.6 is 0 Å². The van der Waals surface area contributed by atoms with Crippen molar-refractivity contribution in [2.24, 2.45) is 0 Å². The molecule has 0 saturated carbocycles. The van der Waals surface area contributed by atoms with E-state index in [0.29, 0.717) is 5.69 Å². The number of ketones is 2. The summed E-state index contributed by atoms with van der Waals surface area (Å²) < 4.78 is 0. The number of rotatable bonds is 3. The molecule has 0 amide bonds. The molecule has 1 N–H and O–H groups in total. The summed E-state index contributed by atoms with van der Waals surface area (Å²) in [4.78, 5) is 24.4. The molecular formula is C9H9NO2. The zero-order chi connectivity index (χ0) is 8.97. The molecule has 3 nitrogen and oxygen atoms in total. The molecule has 3 heteroatoms. The van der Waals surface area contributed by atoms with Crippen molar-refractivity contribution in [3.63, 3.8) is 0 Å². The Labute approximate surface area is 70.1 Å². The fourth-order valence-corrected chi connectivity index (χ4v) is 0.766. The number of carbonyl (C=O) groups excluding carboxylic acids is 2. The number of H-pyrrole nitrogens is 1. The van der Waals surface area contributed by atoms with Crippen molar-refractivity contribution in [2.75, 3.05) is 0 Å². The van der Waals surface area contributed by atoms with E-state index in [-0.39, 0.29) is 11.6 Å². The topological polar surface area (TPSA) is 49.9 Å². The highest BCUT2D eigenvalue weighted by molar-refractivity contribution is 6.06. The minimum Gasteiger partial charge on any atom is -0.359 e. The number of aromatic nitrogens is 1. The smallest absolute Gasteiger partial charge is 0.202 e. The zero-order valence-electron chi connectivity index (χ0n) is 6.70. The molecule has 1 heterocycles. The van der Waals surface area contributed by atoms with Crippen molar-refractivity contribution in [3.8, 4) is 0 Å². The van der Waals surface area contributed by atoms with Crippen molar-refractivity contribution < 1.29 is 9.59 Å². The maximum Gasteiger partial charge on any atom is 0.202 e. The van der Waals surface area contributed by atoms with E-state index in [1.807, 2.05) is 0 Å². The predicted octanol–water partition coefficient (Wildman–Crippen LogP) is 1.34. The summed E-state index contributed by atoms with van der Waals surface area (Å²) in [6.07, 6.45) is 4.17. The summed E-state index contributed by atoms with van der Waals surface area (Å²) in [7, 11) is 0. The van der Waals surface area contributed by atoms with Gasteiger partial charge in [0.05, 0.1) is 5.69 Å². The van der Waals surface area contributed by atoms with E-state index >= 15 is 0 Å². The molecule has 0 atom stereocenters. The second kappa shape index (κ2) is 3.67. The first-order chi connectivity index (χ1) is 5.70. The molecule has 0 spiro atoms. The summed E-state index contributed by atoms with van der Waals surface area (Å²) in [6.45, 7) is 1.40. The van der Waals surface area contributed by atoms with E-state index in [4.69, 9.17) is 0 Å². The number of hydrogen-bond acceptors (Lipinski definition) is 2. The van der Waals surface area contributed by atoms with Crippen LogP contribution in [-0.4, -0.2) is 16.6 Å². The van der Waals surface area contributed by atoms with Gasteiger partial charge in [0.15, 0.2) is 5.78 Å². The van der Waals surface area contributed by atoms with Crippen LogP contribution in [0.4, 0.5) is 0 Å². The Morgan fingerprint density at radius 1 is 1.42 bits per heavy atom. The van der Waals surface area contributed by atoms with Crippen molar-refractivity contribution in [3.05, 3.63) is 36.2 Å². The third kappa shape index (κ3) is 2.20. The highest BCUT2D eigenvalue weighted by Crippen LogP contribution is 1.96. The van der Waals surface area contributed by atoms with Crippen LogP contribution in [-0.2, 0) is 4.79 Å². The summed E-state index contributed by atoms with van der Waals surface area (Å²) >= 11 is 0. The van der Waals surface area contributed by atoms with E-state index in [1.165, 1.54) is 19.1 Å². The largest absolute Gasteiger partial charge is 0.359 e. The molecule has 0 unspecified atom stereocenters. The van der Waals surface area contributed by atoms with Crippen LogP contribution in [0.25, 0.3) is 0 Å². The maximum atomic E-state index is 11.1. The van der Waals surface area contributed by atoms with Crippen LogP contribution in [0.3, 0.4) is 0 Å². The number of hydrogen-bond donors (Lipinski definition) is 1. The highest BCUT2D eigenvalue weighted by atomic mass is 16.1. The van der Waals surface area contributed by atoms with Gasteiger partial charge in [0.25, 0.3) is 0 Å². The lowest BCUT2D eigenvalue weighted by Crippen LogP contribution is -1.95. The first kappa shape index (κ1) is 8.46. The van der Waals surface area contributed by atoms with Gasteiger partial charge in [0.1, 0.15) is 0 Å². The maximum absolute atomic E-state index is 11.1. The van der Waals surface area contributed by atoms with Gasteiger partial charge >= 0.3 is 0 Å². The van der Waals surface area contributed by atoms with Gasteiger partial charge in [-0.1, -0.05) is 0 Å². The van der Waals surface area contributed by atoms with Gasteiger partial charge in [0.2, 0.25) is 5.78 Å². The molecule has 0 fully saturated rings. The van der Waals surface area contributed by atoms with Crippen LogP contribution < -0.4 is 0 Å². The normalized spacial score (nSPS) is 10.4. The molecule has 62 valence electrons. The number of allylic oxidation sites excluding steroid dienone is 2. The van der Waals surface area contributed by atoms with Gasteiger partial charge in [-0.2, -0.15) is 0 Å². The predicted molar refractivity (Wildman–Crippen MR) is 44.9 cm³/mol. The standard InChI is InChI=1S/C9H9NO2/c1-7(11)4-5-9(12)8-3-2-6-10-8/h2-6,10H,1H3/b5-4+. The van der Waals surface area contributed by atoms with Crippen LogP contribution in [0, 0.1) is 0 Å². The second-order valence-corrected chi connectivity index (χ2v) is 2.39. The van der Waals surface area contributed by atoms with E-state index in [0.717, 1.165) is 0 Å². The fraction of sp³-hybridized carbons (Fsp3) is 0.111. The van der Waals surface area contributed by atoms with Crippen LogP contribution in [0.15, 0.2) is 30.5 Å². The Bertz CT molecular complexity index is 309. The molecule has 1 rings (SSSR count). The van der Waals surface area contributed by atoms with Gasteiger partial charge in [-0.25, -0.2) is 0 Å². The van der Waals surface area contributed by atoms with E-state index in [9.17, 15) is 9.59 Å². The lowest BCUT2D eigenvalue weighted by molar-refractivity contribution is -0.112. The number of nitrogens with one attached hydrogen (secondary N) is 1. The molecular weight excluding hydrogens is 154 g/mol.